The number of benzene rings is 2. The number of urea groups is 1. The molecule has 2 N–H and O–H groups in total. The fourth-order valence-electron chi connectivity index (χ4n) is 4.14. The highest BCUT2D eigenvalue weighted by molar-refractivity contribution is 7.92. The van der Waals surface area contributed by atoms with Crippen LogP contribution in [0.15, 0.2) is 47.4 Å². The van der Waals surface area contributed by atoms with E-state index in [-0.39, 0.29) is 12.1 Å². The summed E-state index contributed by atoms with van der Waals surface area (Å²) in [7, 11) is -3.59. The van der Waals surface area contributed by atoms with Gasteiger partial charge in [0.05, 0.1) is 10.6 Å². The first-order valence-electron chi connectivity index (χ1n) is 10.2. The number of carbonyl (C=O) groups excluding carboxylic acids is 1. The molecule has 2 aromatic carbocycles. The zero-order valence-corrected chi connectivity index (χ0v) is 17.5. The summed E-state index contributed by atoms with van der Waals surface area (Å²) in [5.74, 6) is 0. The van der Waals surface area contributed by atoms with Gasteiger partial charge in [0.2, 0.25) is 0 Å². The van der Waals surface area contributed by atoms with Gasteiger partial charge in [-0.25, -0.2) is 13.2 Å². The van der Waals surface area contributed by atoms with E-state index >= 15 is 0 Å². The number of hydrogen-bond acceptors (Lipinski definition) is 3. The summed E-state index contributed by atoms with van der Waals surface area (Å²) in [5, 5.41) is 5.93. The summed E-state index contributed by atoms with van der Waals surface area (Å²) in [4.78, 5) is 12.6. The minimum absolute atomic E-state index is 0.195. The molecule has 0 unspecified atom stereocenters. The Bertz CT molecular complexity index is 996. The van der Waals surface area contributed by atoms with Crippen molar-refractivity contribution < 1.29 is 13.2 Å². The molecule has 1 saturated carbocycles. The molecular formula is C22H27N3O3S. The number of nitrogens with zero attached hydrogens (tertiary/aromatic N) is 1. The quantitative estimate of drug-likeness (QED) is 0.788. The van der Waals surface area contributed by atoms with Crippen LogP contribution in [0.25, 0.3) is 0 Å². The summed E-state index contributed by atoms with van der Waals surface area (Å²) in [6, 6.07) is 12.4. The molecule has 1 fully saturated rings. The second-order valence-corrected chi connectivity index (χ2v) is 9.78. The Morgan fingerprint density at radius 1 is 1.03 bits per heavy atom. The minimum atomic E-state index is -3.59. The molecule has 0 bridgehead atoms. The number of carbonyl (C=O) groups is 1. The number of sulfonamides is 1. The Balaban J connectivity index is 1.47. The molecule has 1 heterocycles. The van der Waals surface area contributed by atoms with Crippen LogP contribution >= 0.6 is 0 Å². The Hall–Kier alpha value is -2.54. The highest BCUT2D eigenvalue weighted by Gasteiger charge is 2.31. The molecule has 4 rings (SSSR count). The second-order valence-electron chi connectivity index (χ2n) is 7.92. The molecule has 2 aliphatic rings. The number of hydrogen-bond donors (Lipinski definition) is 2. The van der Waals surface area contributed by atoms with Crippen molar-refractivity contribution in [2.75, 3.05) is 16.2 Å². The summed E-state index contributed by atoms with van der Waals surface area (Å²) >= 11 is 0. The third-order valence-electron chi connectivity index (χ3n) is 5.74. The van der Waals surface area contributed by atoms with E-state index in [1.54, 1.807) is 24.3 Å². The zero-order valence-electron chi connectivity index (χ0n) is 16.6. The van der Waals surface area contributed by atoms with E-state index in [0.29, 0.717) is 29.2 Å². The lowest BCUT2D eigenvalue weighted by Gasteiger charge is -2.23. The lowest BCUT2D eigenvalue weighted by Crippen LogP contribution is -2.39. The predicted octanol–water partition coefficient (Wildman–Crippen LogP) is 4.20. The third-order valence-corrected chi connectivity index (χ3v) is 7.57. The molecule has 0 radical (unpaired) electrons. The van der Waals surface area contributed by atoms with Gasteiger partial charge in [-0.1, -0.05) is 37.0 Å². The first-order valence-corrected chi connectivity index (χ1v) is 11.7. The maximum Gasteiger partial charge on any atom is 0.319 e. The molecule has 0 atom stereocenters. The molecule has 0 spiro atoms. The van der Waals surface area contributed by atoms with Crippen molar-refractivity contribution >= 4 is 27.4 Å². The lowest BCUT2D eigenvalue weighted by molar-refractivity contribution is 0.244. The Morgan fingerprint density at radius 3 is 2.48 bits per heavy atom. The fraction of sp³-hybridized carbons (Fsp3) is 0.409. The number of anilines is 2. The average Bonchev–Trinajstić information content (AvgIpc) is 3.13. The number of nitrogens with one attached hydrogen (secondary N) is 2. The molecule has 2 amide bonds. The van der Waals surface area contributed by atoms with Crippen LogP contribution in [-0.2, 0) is 16.4 Å². The topological polar surface area (TPSA) is 78.5 Å². The van der Waals surface area contributed by atoms with Crippen molar-refractivity contribution in [1.29, 1.82) is 0 Å². The first kappa shape index (κ1) is 19.8. The van der Waals surface area contributed by atoms with Crippen molar-refractivity contribution in [3.63, 3.8) is 0 Å². The molecule has 0 saturated heterocycles. The largest absolute Gasteiger partial charge is 0.335 e. The average molecular weight is 414 g/mol. The van der Waals surface area contributed by atoms with Gasteiger partial charge in [0, 0.05) is 18.3 Å². The standard InChI is InChI=1S/C22H27N3O3S/c1-16-7-10-20(11-8-16)29(27,28)25-14-13-17-15-19(9-12-21(17)25)24-22(26)23-18-5-3-2-4-6-18/h7-12,15,18H,2-6,13-14H2,1H3,(H2,23,24,26). The van der Waals surface area contributed by atoms with Crippen LogP contribution in [0.5, 0.6) is 0 Å². The number of aryl methyl sites for hydroxylation is 1. The number of rotatable bonds is 4. The molecule has 2 aromatic rings. The van der Waals surface area contributed by atoms with Crippen LogP contribution in [0.4, 0.5) is 16.2 Å². The van der Waals surface area contributed by atoms with Gasteiger partial charge in [-0.15, -0.1) is 0 Å². The molecule has 7 heteroatoms. The van der Waals surface area contributed by atoms with Gasteiger partial charge in [0.15, 0.2) is 0 Å². The summed E-state index contributed by atoms with van der Waals surface area (Å²) in [5.41, 5.74) is 3.32. The molecule has 0 aromatic heterocycles. The number of fused-ring (bicyclic) bond motifs is 1. The number of amides is 2. The Labute approximate surface area is 172 Å². The van der Waals surface area contributed by atoms with Gasteiger partial charge >= 0.3 is 6.03 Å². The van der Waals surface area contributed by atoms with Gasteiger partial charge in [0.25, 0.3) is 10.0 Å². The van der Waals surface area contributed by atoms with E-state index in [1.807, 2.05) is 25.1 Å². The highest BCUT2D eigenvalue weighted by Crippen LogP contribution is 2.34. The van der Waals surface area contributed by atoms with Crippen LogP contribution in [0.2, 0.25) is 0 Å². The van der Waals surface area contributed by atoms with Crippen LogP contribution in [-0.4, -0.2) is 27.0 Å². The van der Waals surface area contributed by atoms with Gasteiger partial charge < -0.3 is 10.6 Å². The van der Waals surface area contributed by atoms with Gasteiger partial charge in [-0.3, -0.25) is 4.31 Å². The van der Waals surface area contributed by atoms with E-state index in [9.17, 15) is 13.2 Å². The van der Waals surface area contributed by atoms with Gasteiger partial charge in [0.1, 0.15) is 0 Å². The van der Waals surface area contributed by atoms with E-state index in [1.165, 1.54) is 10.7 Å². The molecule has 154 valence electrons. The lowest BCUT2D eigenvalue weighted by atomic mass is 9.96. The van der Waals surface area contributed by atoms with Crippen LogP contribution < -0.4 is 14.9 Å². The van der Waals surface area contributed by atoms with Crippen molar-refractivity contribution in [1.82, 2.24) is 5.32 Å². The third kappa shape index (κ3) is 4.24. The van der Waals surface area contributed by atoms with Crippen molar-refractivity contribution in [2.24, 2.45) is 0 Å². The first-order chi connectivity index (χ1) is 13.9. The maximum atomic E-state index is 13.0. The highest BCUT2D eigenvalue weighted by atomic mass is 32.2. The van der Waals surface area contributed by atoms with Crippen LogP contribution in [0.1, 0.15) is 43.2 Å². The fourth-order valence-corrected chi connectivity index (χ4v) is 5.64. The van der Waals surface area contributed by atoms with Crippen molar-refractivity contribution in [3.8, 4) is 0 Å². The van der Waals surface area contributed by atoms with E-state index in [2.05, 4.69) is 10.6 Å². The minimum Gasteiger partial charge on any atom is -0.335 e. The second kappa shape index (κ2) is 8.06. The molecule has 1 aliphatic heterocycles. The van der Waals surface area contributed by atoms with Crippen LogP contribution in [0, 0.1) is 6.92 Å². The Morgan fingerprint density at radius 2 is 1.76 bits per heavy atom. The van der Waals surface area contributed by atoms with E-state index in [4.69, 9.17) is 0 Å². The van der Waals surface area contributed by atoms with E-state index in [0.717, 1.165) is 36.8 Å². The molecular weight excluding hydrogens is 386 g/mol. The normalized spacial score (nSPS) is 17.1. The summed E-state index contributed by atoms with van der Waals surface area (Å²) in [6.45, 7) is 2.34. The predicted molar refractivity (Wildman–Crippen MR) is 115 cm³/mol. The van der Waals surface area contributed by atoms with E-state index < -0.39 is 10.0 Å². The zero-order chi connectivity index (χ0) is 20.4. The van der Waals surface area contributed by atoms with Gasteiger partial charge in [-0.2, -0.15) is 0 Å². The van der Waals surface area contributed by atoms with Crippen LogP contribution in [0.3, 0.4) is 0 Å². The monoisotopic (exact) mass is 413 g/mol. The Kier molecular flexibility index (Phi) is 5.50. The summed E-state index contributed by atoms with van der Waals surface area (Å²) in [6.07, 6.45) is 6.25. The maximum absolute atomic E-state index is 13.0. The SMILES string of the molecule is Cc1ccc(S(=O)(=O)N2CCc3cc(NC(=O)NC4CCCCC4)ccc32)cc1. The smallest absolute Gasteiger partial charge is 0.319 e. The molecule has 29 heavy (non-hydrogen) atoms. The van der Waals surface area contributed by atoms with Gasteiger partial charge in [-0.05, 0) is 62.1 Å². The summed E-state index contributed by atoms with van der Waals surface area (Å²) < 4.78 is 27.5. The molecule has 6 nitrogen and oxygen atoms in total. The van der Waals surface area contributed by atoms with Crippen molar-refractivity contribution in [2.45, 2.75) is 56.4 Å². The van der Waals surface area contributed by atoms with Crippen molar-refractivity contribution in [3.05, 3.63) is 53.6 Å². The molecule has 1 aliphatic carbocycles.